The Balaban J connectivity index is 1.75. The lowest BCUT2D eigenvalue weighted by Crippen LogP contribution is -2.47. The highest BCUT2D eigenvalue weighted by Gasteiger charge is 2.38. The molecule has 1 saturated carbocycles. The van der Waals surface area contributed by atoms with Gasteiger partial charge in [0.2, 0.25) is 0 Å². The third-order valence-electron chi connectivity index (χ3n) is 4.13. The van der Waals surface area contributed by atoms with Crippen molar-refractivity contribution in [1.29, 1.82) is 0 Å². The maximum absolute atomic E-state index is 12.9. The van der Waals surface area contributed by atoms with E-state index in [0.717, 1.165) is 29.4 Å². The Bertz CT molecular complexity index is 590. The van der Waals surface area contributed by atoms with E-state index < -0.39 is 0 Å². The van der Waals surface area contributed by atoms with E-state index in [4.69, 9.17) is 0 Å². The Morgan fingerprint density at radius 3 is 2.45 bits per heavy atom. The van der Waals surface area contributed by atoms with Crippen molar-refractivity contribution in [2.24, 2.45) is 0 Å². The highest BCUT2D eigenvalue weighted by Crippen LogP contribution is 2.42. The SMILES string of the molecule is Fc1ccc(CNC2(c3cccc(Br)c3)CCC2)cc1. The zero-order chi connectivity index (χ0) is 14.0. The molecule has 0 heterocycles. The largest absolute Gasteiger partial charge is 0.303 e. The average molecular weight is 334 g/mol. The first-order chi connectivity index (χ1) is 9.68. The van der Waals surface area contributed by atoms with Crippen molar-refractivity contribution in [3.63, 3.8) is 0 Å². The summed E-state index contributed by atoms with van der Waals surface area (Å²) in [5, 5.41) is 3.67. The fraction of sp³-hybridized carbons (Fsp3) is 0.294. The highest BCUT2D eigenvalue weighted by atomic mass is 79.9. The van der Waals surface area contributed by atoms with Crippen LogP contribution in [0.4, 0.5) is 4.39 Å². The van der Waals surface area contributed by atoms with Gasteiger partial charge in [-0.3, -0.25) is 0 Å². The molecule has 0 atom stereocenters. The van der Waals surface area contributed by atoms with Gasteiger partial charge < -0.3 is 5.32 Å². The predicted octanol–water partition coefficient (Wildman–Crippen LogP) is 4.76. The third kappa shape index (κ3) is 2.79. The summed E-state index contributed by atoms with van der Waals surface area (Å²) in [6, 6.07) is 15.2. The number of nitrogens with one attached hydrogen (secondary N) is 1. The molecule has 0 saturated heterocycles. The quantitative estimate of drug-likeness (QED) is 0.850. The van der Waals surface area contributed by atoms with Gasteiger partial charge in [0.15, 0.2) is 0 Å². The lowest BCUT2D eigenvalue weighted by molar-refractivity contribution is 0.183. The lowest BCUT2D eigenvalue weighted by Gasteiger charge is -2.43. The van der Waals surface area contributed by atoms with Gasteiger partial charge in [0.1, 0.15) is 5.82 Å². The van der Waals surface area contributed by atoms with Gasteiger partial charge in [0.05, 0.1) is 0 Å². The molecule has 0 radical (unpaired) electrons. The van der Waals surface area contributed by atoms with E-state index in [1.165, 1.54) is 24.1 Å². The molecular weight excluding hydrogens is 317 g/mol. The molecule has 0 unspecified atom stereocenters. The smallest absolute Gasteiger partial charge is 0.123 e. The number of hydrogen-bond donors (Lipinski definition) is 1. The monoisotopic (exact) mass is 333 g/mol. The normalized spacial score (nSPS) is 16.7. The molecule has 20 heavy (non-hydrogen) atoms. The van der Waals surface area contributed by atoms with Crippen LogP contribution in [0.15, 0.2) is 53.0 Å². The molecule has 1 fully saturated rings. The van der Waals surface area contributed by atoms with Crippen LogP contribution in [0.2, 0.25) is 0 Å². The minimum absolute atomic E-state index is 0.0815. The number of benzene rings is 2. The van der Waals surface area contributed by atoms with Crippen molar-refractivity contribution < 1.29 is 4.39 Å². The fourth-order valence-electron chi connectivity index (χ4n) is 2.76. The molecule has 1 N–H and O–H groups in total. The first kappa shape index (κ1) is 13.8. The summed E-state index contributed by atoms with van der Waals surface area (Å²) < 4.78 is 14.0. The van der Waals surface area contributed by atoms with Crippen LogP contribution in [0.3, 0.4) is 0 Å². The molecule has 0 amide bonds. The first-order valence-corrected chi connectivity index (χ1v) is 7.73. The van der Waals surface area contributed by atoms with Crippen molar-refractivity contribution in [1.82, 2.24) is 5.32 Å². The van der Waals surface area contributed by atoms with Crippen LogP contribution in [0.1, 0.15) is 30.4 Å². The summed E-state index contributed by atoms with van der Waals surface area (Å²) in [6.07, 6.45) is 3.57. The molecule has 1 nitrogen and oxygen atoms in total. The average Bonchev–Trinajstić information content (AvgIpc) is 2.40. The van der Waals surface area contributed by atoms with E-state index in [1.54, 1.807) is 0 Å². The lowest BCUT2D eigenvalue weighted by atomic mass is 9.71. The first-order valence-electron chi connectivity index (χ1n) is 6.93. The Morgan fingerprint density at radius 2 is 1.85 bits per heavy atom. The summed E-state index contributed by atoms with van der Waals surface area (Å²) in [6.45, 7) is 0.771. The topological polar surface area (TPSA) is 12.0 Å². The predicted molar refractivity (Wildman–Crippen MR) is 82.9 cm³/mol. The number of hydrogen-bond acceptors (Lipinski definition) is 1. The molecule has 0 spiro atoms. The van der Waals surface area contributed by atoms with Crippen LogP contribution in [-0.2, 0) is 12.1 Å². The summed E-state index contributed by atoms with van der Waals surface area (Å²) in [5.74, 6) is -0.181. The van der Waals surface area contributed by atoms with E-state index in [0.29, 0.717) is 0 Å². The highest BCUT2D eigenvalue weighted by molar-refractivity contribution is 9.10. The van der Waals surface area contributed by atoms with Crippen molar-refractivity contribution >= 4 is 15.9 Å². The van der Waals surface area contributed by atoms with Crippen molar-refractivity contribution in [3.05, 3.63) is 69.9 Å². The molecule has 0 aromatic heterocycles. The maximum Gasteiger partial charge on any atom is 0.123 e. The molecule has 1 aliphatic carbocycles. The summed E-state index contributed by atoms with van der Waals surface area (Å²) in [7, 11) is 0. The van der Waals surface area contributed by atoms with Crippen LogP contribution >= 0.6 is 15.9 Å². The summed E-state index contributed by atoms with van der Waals surface area (Å²) >= 11 is 3.54. The second kappa shape index (κ2) is 5.66. The molecule has 3 rings (SSSR count). The van der Waals surface area contributed by atoms with E-state index in [2.05, 4.69) is 45.5 Å². The van der Waals surface area contributed by atoms with Crippen LogP contribution in [-0.4, -0.2) is 0 Å². The molecule has 3 heteroatoms. The van der Waals surface area contributed by atoms with Crippen LogP contribution < -0.4 is 5.32 Å². The van der Waals surface area contributed by atoms with Gasteiger partial charge in [-0.25, -0.2) is 4.39 Å². The Morgan fingerprint density at radius 1 is 1.10 bits per heavy atom. The number of halogens is 2. The maximum atomic E-state index is 12.9. The minimum Gasteiger partial charge on any atom is -0.303 e. The van der Waals surface area contributed by atoms with Crippen molar-refractivity contribution in [2.75, 3.05) is 0 Å². The Labute approximate surface area is 127 Å². The molecule has 0 aliphatic heterocycles. The van der Waals surface area contributed by atoms with Gasteiger partial charge in [0, 0.05) is 16.6 Å². The van der Waals surface area contributed by atoms with Gasteiger partial charge in [-0.2, -0.15) is 0 Å². The second-order valence-electron chi connectivity index (χ2n) is 5.43. The van der Waals surface area contributed by atoms with Crippen molar-refractivity contribution in [2.45, 2.75) is 31.3 Å². The van der Waals surface area contributed by atoms with E-state index in [9.17, 15) is 4.39 Å². The Hall–Kier alpha value is -1.19. The molecule has 0 bridgehead atoms. The fourth-order valence-corrected chi connectivity index (χ4v) is 3.16. The van der Waals surface area contributed by atoms with E-state index in [1.807, 2.05) is 12.1 Å². The van der Waals surface area contributed by atoms with Gasteiger partial charge in [-0.1, -0.05) is 40.2 Å². The zero-order valence-electron chi connectivity index (χ0n) is 11.2. The standard InChI is InChI=1S/C17H17BrFN/c18-15-4-1-3-14(11-15)17(9-2-10-17)20-12-13-5-7-16(19)8-6-13/h1,3-8,11,20H,2,9-10,12H2. The molecule has 2 aromatic carbocycles. The second-order valence-corrected chi connectivity index (χ2v) is 6.34. The third-order valence-corrected chi connectivity index (χ3v) is 4.62. The molecular formula is C17H17BrFN. The minimum atomic E-state index is -0.181. The van der Waals surface area contributed by atoms with Gasteiger partial charge in [-0.15, -0.1) is 0 Å². The summed E-state index contributed by atoms with van der Waals surface area (Å²) in [5.41, 5.74) is 2.53. The molecule has 2 aromatic rings. The van der Waals surface area contributed by atoms with Gasteiger partial charge in [-0.05, 0) is 54.7 Å². The molecule has 104 valence electrons. The van der Waals surface area contributed by atoms with Crippen LogP contribution in [0.25, 0.3) is 0 Å². The summed E-state index contributed by atoms with van der Waals surface area (Å²) in [4.78, 5) is 0. The van der Waals surface area contributed by atoms with Crippen molar-refractivity contribution in [3.8, 4) is 0 Å². The Kier molecular flexibility index (Phi) is 3.90. The van der Waals surface area contributed by atoms with E-state index in [-0.39, 0.29) is 11.4 Å². The van der Waals surface area contributed by atoms with Crippen LogP contribution in [0, 0.1) is 5.82 Å². The number of rotatable bonds is 4. The van der Waals surface area contributed by atoms with Crippen LogP contribution in [0.5, 0.6) is 0 Å². The van der Waals surface area contributed by atoms with E-state index >= 15 is 0 Å². The van der Waals surface area contributed by atoms with Gasteiger partial charge in [0.25, 0.3) is 0 Å². The zero-order valence-corrected chi connectivity index (χ0v) is 12.8. The molecule has 1 aliphatic rings. The van der Waals surface area contributed by atoms with Gasteiger partial charge >= 0.3 is 0 Å².